The number of aliphatic imine (C=N–C) groups is 1. The van der Waals surface area contributed by atoms with Crippen molar-refractivity contribution < 1.29 is 13.2 Å². The number of hydrogen-bond acceptors (Lipinski definition) is 4. The number of ether oxygens (including phenoxy) is 1. The fraction of sp³-hybridized carbons (Fsp3) is 0.381. The first kappa shape index (κ1) is 24.6. The Morgan fingerprint density at radius 2 is 1.87 bits per heavy atom. The fourth-order valence-corrected chi connectivity index (χ4v) is 3.90. The molecule has 7 nitrogen and oxygen atoms in total. The van der Waals surface area contributed by atoms with Gasteiger partial charge in [-0.25, -0.2) is 13.6 Å². The largest absolute Gasteiger partial charge is 0.376 e. The van der Waals surface area contributed by atoms with Crippen LogP contribution in [-0.4, -0.2) is 46.0 Å². The Bertz CT molecular complexity index is 921. The number of rotatable bonds is 7. The van der Waals surface area contributed by atoms with E-state index < -0.39 is 10.0 Å². The lowest BCUT2D eigenvalue weighted by Crippen LogP contribution is -2.39. The lowest BCUT2D eigenvalue weighted by Gasteiger charge is -2.22. The molecule has 0 radical (unpaired) electrons. The Hall–Kier alpha value is -1.69. The van der Waals surface area contributed by atoms with Gasteiger partial charge in [-0.05, 0) is 29.7 Å². The smallest absolute Gasteiger partial charge is 0.238 e. The number of halogens is 1. The summed E-state index contributed by atoms with van der Waals surface area (Å²) in [5, 5.41) is 8.48. The highest BCUT2D eigenvalue weighted by Gasteiger charge is 2.25. The molecule has 1 aliphatic rings. The van der Waals surface area contributed by atoms with Gasteiger partial charge in [-0.15, -0.1) is 24.0 Å². The number of guanidine groups is 1. The number of nitrogens with one attached hydrogen (secondary N) is 1. The van der Waals surface area contributed by atoms with E-state index in [1.165, 1.54) is 17.7 Å². The molecule has 0 spiro atoms. The molecule has 1 saturated heterocycles. The highest BCUT2D eigenvalue weighted by Crippen LogP contribution is 2.17. The van der Waals surface area contributed by atoms with Crippen molar-refractivity contribution in [2.75, 3.05) is 26.7 Å². The van der Waals surface area contributed by atoms with Gasteiger partial charge in [0.05, 0.1) is 18.1 Å². The van der Waals surface area contributed by atoms with Crippen LogP contribution in [0.4, 0.5) is 0 Å². The van der Waals surface area contributed by atoms with Crippen molar-refractivity contribution in [1.82, 2.24) is 10.2 Å². The molecule has 1 unspecified atom stereocenters. The van der Waals surface area contributed by atoms with Gasteiger partial charge in [0.25, 0.3) is 0 Å². The summed E-state index contributed by atoms with van der Waals surface area (Å²) < 4.78 is 28.6. The average Bonchev–Trinajstić information content (AvgIpc) is 3.18. The van der Waals surface area contributed by atoms with Crippen LogP contribution in [0, 0.1) is 5.92 Å². The van der Waals surface area contributed by atoms with Crippen LogP contribution in [0.3, 0.4) is 0 Å². The second-order valence-electron chi connectivity index (χ2n) is 7.19. The monoisotopic (exact) mass is 544 g/mol. The maximum atomic E-state index is 11.3. The average molecular weight is 544 g/mol. The van der Waals surface area contributed by atoms with Crippen LogP contribution in [0.1, 0.15) is 17.5 Å². The molecule has 1 heterocycles. The normalized spacial score (nSPS) is 16.9. The number of hydrogen-bond donors (Lipinski definition) is 2. The van der Waals surface area contributed by atoms with E-state index >= 15 is 0 Å². The van der Waals surface area contributed by atoms with Gasteiger partial charge in [0, 0.05) is 32.6 Å². The summed E-state index contributed by atoms with van der Waals surface area (Å²) >= 11 is 0. The van der Waals surface area contributed by atoms with E-state index in [-0.39, 0.29) is 28.9 Å². The zero-order valence-corrected chi connectivity index (χ0v) is 20.2. The first-order valence-corrected chi connectivity index (χ1v) is 11.2. The number of sulfonamides is 1. The van der Waals surface area contributed by atoms with Gasteiger partial charge in [0.1, 0.15) is 0 Å². The fourth-order valence-electron chi connectivity index (χ4n) is 3.39. The molecule has 0 amide bonds. The Morgan fingerprint density at radius 3 is 2.50 bits per heavy atom. The van der Waals surface area contributed by atoms with Crippen molar-refractivity contribution in [3.63, 3.8) is 0 Å². The number of likely N-dealkylation sites (tertiary alicyclic amines) is 1. The zero-order valence-electron chi connectivity index (χ0n) is 17.0. The van der Waals surface area contributed by atoms with Crippen molar-refractivity contribution in [3.05, 3.63) is 65.7 Å². The summed E-state index contributed by atoms with van der Waals surface area (Å²) in [5.41, 5.74) is 2.15. The van der Waals surface area contributed by atoms with Crippen molar-refractivity contribution in [2.45, 2.75) is 24.5 Å². The molecule has 3 N–H and O–H groups in total. The van der Waals surface area contributed by atoms with Crippen molar-refractivity contribution in [2.24, 2.45) is 16.0 Å². The third kappa shape index (κ3) is 7.22. The van der Waals surface area contributed by atoms with Crippen molar-refractivity contribution in [1.29, 1.82) is 0 Å². The van der Waals surface area contributed by atoms with Gasteiger partial charge in [-0.3, -0.25) is 4.99 Å². The van der Waals surface area contributed by atoms with Crippen LogP contribution in [0.25, 0.3) is 0 Å². The molecule has 3 rings (SSSR count). The highest BCUT2D eigenvalue weighted by atomic mass is 127. The van der Waals surface area contributed by atoms with E-state index in [9.17, 15) is 8.42 Å². The van der Waals surface area contributed by atoms with Gasteiger partial charge in [-0.2, -0.15) is 0 Å². The summed E-state index contributed by atoms with van der Waals surface area (Å²) in [6.07, 6.45) is 1.07. The number of primary sulfonamides is 1. The molecule has 1 atom stereocenters. The lowest BCUT2D eigenvalue weighted by molar-refractivity contribution is 0.0906. The molecule has 0 aliphatic carbocycles. The first-order chi connectivity index (χ1) is 14.0. The second kappa shape index (κ2) is 11.6. The summed E-state index contributed by atoms with van der Waals surface area (Å²) in [7, 11) is -1.90. The molecular formula is C21H29IN4O3S. The van der Waals surface area contributed by atoms with E-state index in [0.717, 1.165) is 37.6 Å². The summed E-state index contributed by atoms with van der Waals surface area (Å²) in [6, 6.07) is 16.7. The molecule has 30 heavy (non-hydrogen) atoms. The van der Waals surface area contributed by atoms with Crippen LogP contribution in [0.15, 0.2) is 64.5 Å². The third-order valence-corrected chi connectivity index (χ3v) is 5.89. The lowest BCUT2D eigenvalue weighted by atomic mass is 10.1. The quantitative estimate of drug-likeness (QED) is 0.318. The Morgan fingerprint density at radius 1 is 1.17 bits per heavy atom. The molecular weight excluding hydrogens is 515 g/mol. The van der Waals surface area contributed by atoms with E-state index in [1.54, 1.807) is 19.2 Å². The molecule has 1 fully saturated rings. The molecule has 164 valence electrons. The Balaban J connectivity index is 0.00000320. The van der Waals surface area contributed by atoms with Gasteiger partial charge >= 0.3 is 0 Å². The predicted octanol–water partition coefficient (Wildman–Crippen LogP) is 2.57. The van der Waals surface area contributed by atoms with Gasteiger partial charge in [0.2, 0.25) is 10.0 Å². The predicted molar refractivity (Wildman–Crippen MR) is 129 cm³/mol. The number of benzene rings is 2. The number of nitrogens with zero attached hydrogens (tertiary/aromatic N) is 2. The van der Waals surface area contributed by atoms with Gasteiger partial charge in [-0.1, -0.05) is 42.5 Å². The van der Waals surface area contributed by atoms with Crippen LogP contribution in [0.5, 0.6) is 0 Å². The molecule has 2 aromatic rings. The molecule has 0 bridgehead atoms. The number of nitrogens with two attached hydrogens (primary N) is 1. The molecule has 1 aliphatic heterocycles. The Kier molecular flexibility index (Phi) is 9.53. The van der Waals surface area contributed by atoms with E-state index in [1.807, 2.05) is 18.2 Å². The van der Waals surface area contributed by atoms with E-state index in [4.69, 9.17) is 9.88 Å². The molecule has 0 saturated carbocycles. The maximum Gasteiger partial charge on any atom is 0.238 e. The van der Waals surface area contributed by atoms with Crippen LogP contribution in [0.2, 0.25) is 0 Å². The topological polar surface area (TPSA) is 97.0 Å². The maximum absolute atomic E-state index is 11.3. The highest BCUT2D eigenvalue weighted by molar-refractivity contribution is 14.0. The summed E-state index contributed by atoms with van der Waals surface area (Å²) in [6.45, 7) is 3.77. The van der Waals surface area contributed by atoms with E-state index in [0.29, 0.717) is 19.1 Å². The first-order valence-electron chi connectivity index (χ1n) is 9.64. The summed E-state index contributed by atoms with van der Waals surface area (Å²) in [4.78, 5) is 6.72. The zero-order chi connectivity index (χ0) is 20.7. The van der Waals surface area contributed by atoms with Gasteiger partial charge in [0.15, 0.2) is 5.96 Å². The minimum Gasteiger partial charge on any atom is -0.376 e. The van der Waals surface area contributed by atoms with Crippen molar-refractivity contribution >= 4 is 40.0 Å². The standard InChI is InChI=1S/C21H28N4O3S.HI/c1-23-21(24-13-17-7-9-20(10-8-17)29(22,26)27)25-12-11-19(14-25)16-28-15-18-5-3-2-4-6-18;/h2-10,19H,11-16H2,1H3,(H,23,24)(H2,22,26,27);1H. The van der Waals surface area contributed by atoms with Crippen LogP contribution < -0.4 is 10.5 Å². The Labute approximate surface area is 195 Å². The van der Waals surface area contributed by atoms with Gasteiger partial charge < -0.3 is 15.0 Å². The minimum absolute atomic E-state index is 0. The van der Waals surface area contributed by atoms with Crippen LogP contribution >= 0.6 is 24.0 Å². The van der Waals surface area contributed by atoms with Crippen LogP contribution in [-0.2, 0) is 27.9 Å². The SMILES string of the molecule is CN=C(NCc1ccc(S(N)(=O)=O)cc1)N1CCC(COCc2ccccc2)C1.I. The second-order valence-corrected chi connectivity index (χ2v) is 8.75. The van der Waals surface area contributed by atoms with Crippen molar-refractivity contribution in [3.8, 4) is 0 Å². The minimum atomic E-state index is -3.66. The summed E-state index contributed by atoms with van der Waals surface area (Å²) in [5.74, 6) is 1.32. The van der Waals surface area contributed by atoms with E-state index in [2.05, 4.69) is 27.3 Å². The molecule has 2 aromatic carbocycles. The molecule has 0 aromatic heterocycles. The molecule has 9 heteroatoms. The third-order valence-electron chi connectivity index (χ3n) is 4.96.